The molecule has 1 N–H and O–H groups in total. The van der Waals surface area contributed by atoms with Crippen LogP contribution in [0.15, 0.2) is 108 Å². The van der Waals surface area contributed by atoms with E-state index in [0.29, 0.717) is 10.6 Å². The number of benzene rings is 4. The first-order valence-electron chi connectivity index (χ1n) is 14.5. The zero-order valence-electron chi connectivity index (χ0n) is 25.7. The summed E-state index contributed by atoms with van der Waals surface area (Å²) in [5.41, 5.74) is 2.04. The zero-order chi connectivity index (χ0) is 32.8. The summed E-state index contributed by atoms with van der Waals surface area (Å²) in [6, 6.07) is 26.4. The summed E-state index contributed by atoms with van der Waals surface area (Å²) in [5, 5.41) is 3.46. The van der Waals surface area contributed by atoms with Crippen LogP contribution in [0.4, 0.5) is 10.1 Å². The summed E-state index contributed by atoms with van der Waals surface area (Å²) in [6.45, 7) is 6.79. The Kier molecular flexibility index (Phi) is 10.7. The van der Waals surface area contributed by atoms with Crippen molar-refractivity contribution >= 4 is 39.1 Å². The molecule has 0 bridgehead atoms. The smallest absolute Gasteiger partial charge is 0.264 e. The topological polar surface area (TPSA) is 86.8 Å². The van der Waals surface area contributed by atoms with Gasteiger partial charge in [-0.05, 0) is 87.4 Å². The molecule has 10 heteroatoms. The van der Waals surface area contributed by atoms with Gasteiger partial charge >= 0.3 is 0 Å². The highest BCUT2D eigenvalue weighted by molar-refractivity contribution is 7.92. The first-order chi connectivity index (χ1) is 21.2. The second-order valence-electron chi connectivity index (χ2n) is 11.9. The molecule has 4 aromatic carbocycles. The van der Waals surface area contributed by atoms with Crippen molar-refractivity contribution in [2.24, 2.45) is 0 Å². The Morgan fingerprint density at radius 1 is 0.867 bits per heavy atom. The molecule has 4 aromatic rings. The highest BCUT2D eigenvalue weighted by Crippen LogP contribution is 2.26. The number of anilines is 1. The summed E-state index contributed by atoms with van der Waals surface area (Å²) >= 11 is 6.29. The first kappa shape index (κ1) is 33.7. The molecule has 0 heterocycles. The molecule has 0 fully saturated rings. The molecule has 4 rings (SSSR count). The quantitative estimate of drug-likeness (QED) is 0.200. The van der Waals surface area contributed by atoms with Gasteiger partial charge in [-0.25, -0.2) is 12.8 Å². The van der Waals surface area contributed by atoms with E-state index in [9.17, 15) is 22.4 Å². The van der Waals surface area contributed by atoms with Crippen molar-refractivity contribution in [1.82, 2.24) is 10.2 Å². The summed E-state index contributed by atoms with van der Waals surface area (Å²) < 4.78 is 42.8. The van der Waals surface area contributed by atoms with Gasteiger partial charge in [-0.15, -0.1) is 0 Å². The van der Waals surface area contributed by atoms with E-state index in [1.807, 2.05) is 58.0 Å². The van der Waals surface area contributed by atoms with Crippen molar-refractivity contribution < 1.29 is 22.4 Å². The molecular formula is C35H37ClFN3O4S. The molecule has 0 aliphatic carbocycles. The van der Waals surface area contributed by atoms with Crippen LogP contribution in [0.2, 0.25) is 5.02 Å². The van der Waals surface area contributed by atoms with Crippen molar-refractivity contribution in [2.75, 3.05) is 10.8 Å². The van der Waals surface area contributed by atoms with Gasteiger partial charge in [-0.1, -0.05) is 71.8 Å². The third-order valence-corrected chi connectivity index (χ3v) is 9.04. The number of rotatable bonds is 11. The van der Waals surface area contributed by atoms with Gasteiger partial charge in [-0.3, -0.25) is 13.9 Å². The number of carbonyl (C=O) groups excluding carboxylic acids is 2. The van der Waals surface area contributed by atoms with E-state index < -0.39 is 39.9 Å². The van der Waals surface area contributed by atoms with Crippen LogP contribution in [-0.4, -0.2) is 43.3 Å². The number of nitrogens with zero attached hydrogens (tertiary/aromatic N) is 2. The van der Waals surface area contributed by atoms with E-state index in [1.165, 1.54) is 4.90 Å². The minimum Gasteiger partial charge on any atom is -0.350 e. The molecule has 0 aliphatic heterocycles. The molecule has 0 aliphatic rings. The molecule has 45 heavy (non-hydrogen) atoms. The Morgan fingerprint density at radius 2 is 1.49 bits per heavy atom. The van der Waals surface area contributed by atoms with E-state index in [2.05, 4.69) is 5.32 Å². The molecule has 0 unspecified atom stereocenters. The minimum atomic E-state index is -4.33. The number of halogens is 2. The molecule has 0 saturated heterocycles. The van der Waals surface area contributed by atoms with Crippen molar-refractivity contribution in [2.45, 2.75) is 57.1 Å². The summed E-state index contributed by atoms with van der Waals surface area (Å²) in [4.78, 5) is 29.6. The van der Waals surface area contributed by atoms with Crippen LogP contribution in [0.1, 0.15) is 37.5 Å². The molecule has 0 spiro atoms. The van der Waals surface area contributed by atoms with Crippen LogP contribution in [0, 0.1) is 12.7 Å². The Labute approximate surface area is 269 Å². The minimum absolute atomic E-state index is 0.00715. The molecular weight excluding hydrogens is 613 g/mol. The predicted molar refractivity (Wildman–Crippen MR) is 176 cm³/mol. The molecule has 0 aromatic heterocycles. The normalized spacial score (nSPS) is 12.3. The third kappa shape index (κ3) is 9.15. The van der Waals surface area contributed by atoms with Gasteiger partial charge < -0.3 is 10.2 Å². The Hall–Kier alpha value is -4.21. The Balaban J connectivity index is 1.81. The van der Waals surface area contributed by atoms with Crippen LogP contribution in [0.25, 0.3) is 0 Å². The number of carbonyl (C=O) groups is 2. The second kappa shape index (κ2) is 14.3. The van der Waals surface area contributed by atoms with Crippen LogP contribution >= 0.6 is 11.6 Å². The van der Waals surface area contributed by atoms with Gasteiger partial charge in [0.05, 0.1) is 10.6 Å². The highest BCUT2D eigenvalue weighted by Gasteiger charge is 2.35. The third-order valence-electron chi connectivity index (χ3n) is 7.01. The molecule has 0 radical (unpaired) electrons. The molecule has 7 nitrogen and oxygen atoms in total. The van der Waals surface area contributed by atoms with Gasteiger partial charge in [0.1, 0.15) is 18.4 Å². The fourth-order valence-corrected chi connectivity index (χ4v) is 6.44. The Morgan fingerprint density at radius 3 is 2.09 bits per heavy atom. The summed E-state index contributed by atoms with van der Waals surface area (Å²) in [7, 11) is -4.33. The van der Waals surface area contributed by atoms with Gasteiger partial charge in [0.15, 0.2) is 0 Å². The van der Waals surface area contributed by atoms with Gasteiger partial charge in [0.25, 0.3) is 10.0 Å². The maximum absolute atomic E-state index is 14.5. The van der Waals surface area contributed by atoms with Crippen LogP contribution in [0.3, 0.4) is 0 Å². The standard InChI is InChI=1S/C35H37ClFN3O4S/c1-25-13-17-30(18-14-25)40(45(43,44)31-19-15-29(37)16-20-31)24-33(41)39(23-27-11-8-12-28(36)21-27)32(34(42)38-35(2,3)4)22-26-9-6-5-7-10-26/h5-21,32H,22-24H2,1-4H3,(H,38,42)/t32-/m1/s1. The van der Waals surface area contributed by atoms with Crippen molar-refractivity contribution in [3.05, 3.63) is 131 Å². The zero-order valence-corrected chi connectivity index (χ0v) is 27.3. The lowest BCUT2D eigenvalue weighted by Crippen LogP contribution is -2.56. The highest BCUT2D eigenvalue weighted by atomic mass is 35.5. The first-order valence-corrected chi connectivity index (χ1v) is 16.3. The average Bonchev–Trinajstić information content (AvgIpc) is 2.98. The maximum atomic E-state index is 14.5. The largest absolute Gasteiger partial charge is 0.350 e. The number of amides is 2. The van der Waals surface area contributed by atoms with Gasteiger partial charge in [-0.2, -0.15) is 0 Å². The summed E-state index contributed by atoms with van der Waals surface area (Å²) in [5.74, 6) is -1.58. The van der Waals surface area contributed by atoms with E-state index in [-0.39, 0.29) is 29.5 Å². The van der Waals surface area contributed by atoms with Crippen LogP contribution in [-0.2, 0) is 32.6 Å². The van der Waals surface area contributed by atoms with E-state index >= 15 is 0 Å². The van der Waals surface area contributed by atoms with Crippen molar-refractivity contribution in [3.63, 3.8) is 0 Å². The number of hydrogen-bond acceptors (Lipinski definition) is 4. The molecule has 2 amide bonds. The average molecular weight is 650 g/mol. The van der Waals surface area contributed by atoms with Crippen molar-refractivity contribution in [1.29, 1.82) is 0 Å². The van der Waals surface area contributed by atoms with Gasteiger partial charge in [0.2, 0.25) is 11.8 Å². The van der Waals surface area contributed by atoms with Crippen LogP contribution < -0.4 is 9.62 Å². The van der Waals surface area contributed by atoms with Crippen molar-refractivity contribution in [3.8, 4) is 0 Å². The molecule has 1 atom stereocenters. The van der Waals surface area contributed by atoms with Crippen LogP contribution in [0.5, 0.6) is 0 Å². The van der Waals surface area contributed by atoms with Gasteiger partial charge in [0, 0.05) is 23.5 Å². The molecule has 0 saturated carbocycles. The lowest BCUT2D eigenvalue weighted by molar-refractivity contribution is -0.140. The fraction of sp³-hybridized carbons (Fsp3) is 0.257. The lowest BCUT2D eigenvalue weighted by Gasteiger charge is -2.35. The Bertz CT molecular complexity index is 1730. The second-order valence-corrected chi connectivity index (χ2v) is 14.2. The maximum Gasteiger partial charge on any atom is 0.264 e. The predicted octanol–water partition coefficient (Wildman–Crippen LogP) is 6.54. The number of nitrogens with one attached hydrogen (secondary N) is 1. The number of aryl methyl sites for hydroxylation is 1. The number of sulfonamides is 1. The molecule has 236 valence electrons. The number of hydrogen-bond donors (Lipinski definition) is 1. The lowest BCUT2D eigenvalue weighted by atomic mass is 10.0. The van der Waals surface area contributed by atoms with E-state index in [1.54, 1.807) is 48.5 Å². The fourth-order valence-electron chi connectivity index (χ4n) is 4.81. The SMILES string of the molecule is Cc1ccc(N(CC(=O)N(Cc2cccc(Cl)c2)[C@H](Cc2ccccc2)C(=O)NC(C)(C)C)S(=O)(=O)c2ccc(F)cc2)cc1. The van der Waals surface area contributed by atoms with E-state index in [0.717, 1.165) is 39.7 Å². The summed E-state index contributed by atoms with van der Waals surface area (Å²) in [6.07, 6.45) is 0.185. The van der Waals surface area contributed by atoms with E-state index in [4.69, 9.17) is 11.6 Å². The monoisotopic (exact) mass is 649 g/mol.